The van der Waals surface area contributed by atoms with Gasteiger partial charge in [0.2, 0.25) is 10.0 Å². The summed E-state index contributed by atoms with van der Waals surface area (Å²) >= 11 is 0. The highest BCUT2D eigenvalue weighted by molar-refractivity contribution is 7.89. The summed E-state index contributed by atoms with van der Waals surface area (Å²) in [5.74, 6) is 1.13. The molecule has 0 radical (unpaired) electrons. The highest BCUT2D eigenvalue weighted by Gasteiger charge is 2.21. The van der Waals surface area contributed by atoms with Crippen LogP contribution in [0.25, 0.3) is 0 Å². The van der Waals surface area contributed by atoms with Crippen LogP contribution >= 0.6 is 0 Å². The first-order chi connectivity index (χ1) is 13.7. The molecule has 0 saturated heterocycles. The molecule has 2 unspecified atom stereocenters. The number of hydrogen-bond donors (Lipinski definition) is 0. The van der Waals surface area contributed by atoms with E-state index in [1.807, 2.05) is 32.2 Å². The van der Waals surface area contributed by atoms with Crippen LogP contribution in [0.2, 0.25) is 0 Å². The van der Waals surface area contributed by atoms with Gasteiger partial charge in [-0.25, -0.2) is 12.7 Å². The molecule has 0 bridgehead atoms. The van der Waals surface area contributed by atoms with Gasteiger partial charge in [0.25, 0.3) is 0 Å². The molecule has 0 N–H and O–H groups in total. The predicted molar refractivity (Wildman–Crippen MR) is 121 cm³/mol. The number of rotatable bonds is 11. The van der Waals surface area contributed by atoms with Crippen LogP contribution in [0, 0.1) is 17.8 Å². The normalized spacial score (nSPS) is 14.3. The zero-order valence-electron chi connectivity index (χ0n) is 18.5. The van der Waals surface area contributed by atoms with Gasteiger partial charge in [0, 0.05) is 25.5 Å². The van der Waals surface area contributed by atoms with Crippen LogP contribution in [-0.4, -0.2) is 37.1 Å². The molecule has 1 aromatic carbocycles. The largest absolute Gasteiger partial charge is 0.261 e. The summed E-state index contributed by atoms with van der Waals surface area (Å²) in [7, 11) is -1.47. The lowest BCUT2D eigenvalue weighted by Crippen LogP contribution is -2.34. The van der Waals surface area contributed by atoms with Gasteiger partial charge in [-0.05, 0) is 60.3 Å². The second-order valence-electron chi connectivity index (χ2n) is 8.92. The minimum atomic E-state index is -3.17. The zero-order valence-corrected chi connectivity index (χ0v) is 19.3. The van der Waals surface area contributed by atoms with Gasteiger partial charge in [-0.1, -0.05) is 58.0 Å². The van der Waals surface area contributed by atoms with Crippen LogP contribution in [0.3, 0.4) is 0 Å². The van der Waals surface area contributed by atoms with Crippen LogP contribution in [0.1, 0.15) is 44.5 Å². The molecule has 0 amide bonds. The Balaban J connectivity index is 1.91. The average Bonchev–Trinajstić information content (AvgIpc) is 2.61. The molecule has 2 rings (SSSR count). The average molecular weight is 417 g/mol. The topological polar surface area (TPSA) is 50.3 Å². The van der Waals surface area contributed by atoms with E-state index >= 15 is 0 Å². The van der Waals surface area contributed by atoms with E-state index in [4.69, 9.17) is 0 Å². The lowest BCUT2D eigenvalue weighted by atomic mass is 9.93. The highest BCUT2D eigenvalue weighted by Crippen LogP contribution is 2.18. The van der Waals surface area contributed by atoms with Crippen molar-refractivity contribution in [1.29, 1.82) is 0 Å². The van der Waals surface area contributed by atoms with Crippen LogP contribution in [0.4, 0.5) is 0 Å². The van der Waals surface area contributed by atoms with Gasteiger partial charge < -0.3 is 0 Å². The number of aromatic nitrogens is 1. The van der Waals surface area contributed by atoms with Crippen molar-refractivity contribution in [3.05, 3.63) is 65.5 Å². The number of hydrogen-bond acceptors (Lipinski definition) is 3. The zero-order chi connectivity index (χ0) is 21.4. The van der Waals surface area contributed by atoms with E-state index in [9.17, 15) is 8.42 Å². The molecule has 29 heavy (non-hydrogen) atoms. The lowest BCUT2D eigenvalue weighted by Gasteiger charge is -2.22. The van der Waals surface area contributed by atoms with Gasteiger partial charge in [-0.2, -0.15) is 0 Å². The molecule has 0 spiro atoms. The molecule has 0 aliphatic heterocycles. The molecule has 2 atom stereocenters. The van der Waals surface area contributed by atoms with E-state index < -0.39 is 10.0 Å². The summed E-state index contributed by atoms with van der Waals surface area (Å²) in [6.45, 7) is 8.82. The standard InChI is InChI=1S/C24H36N2O2S/c1-19(2)18-29(27,28)26(5)17-21(4)14-23-10-8-9-22(16-23)13-20(3)15-24-11-6-7-12-25-24/h6-12,16,19-21H,13-15,17-18H2,1-5H3. The Morgan fingerprint density at radius 3 is 2.14 bits per heavy atom. The molecule has 1 heterocycles. The first-order valence-electron chi connectivity index (χ1n) is 10.6. The van der Waals surface area contributed by atoms with E-state index in [2.05, 4.69) is 49.2 Å². The van der Waals surface area contributed by atoms with Crippen molar-refractivity contribution < 1.29 is 8.42 Å². The Bertz CT molecular complexity index is 850. The Hall–Kier alpha value is -1.72. The van der Waals surface area contributed by atoms with Crippen molar-refractivity contribution in [3.63, 3.8) is 0 Å². The van der Waals surface area contributed by atoms with Crippen molar-refractivity contribution in [1.82, 2.24) is 9.29 Å². The third kappa shape index (κ3) is 8.27. The fourth-order valence-electron chi connectivity index (χ4n) is 3.80. The van der Waals surface area contributed by atoms with E-state index in [-0.39, 0.29) is 17.6 Å². The fraction of sp³-hybridized carbons (Fsp3) is 0.542. The fourth-order valence-corrected chi connectivity index (χ4v) is 5.38. The molecule has 0 aliphatic carbocycles. The molecule has 0 aliphatic rings. The number of sulfonamides is 1. The third-order valence-corrected chi connectivity index (χ3v) is 7.22. The van der Waals surface area contributed by atoms with Gasteiger partial charge in [0.05, 0.1) is 5.75 Å². The Labute approximate surface area is 177 Å². The van der Waals surface area contributed by atoms with E-state index in [1.165, 1.54) is 15.4 Å². The van der Waals surface area contributed by atoms with E-state index in [0.29, 0.717) is 12.5 Å². The van der Waals surface area contributed by atoms with Gasteiger partial charge in [-0.3, -0.25) is 4.98 Å². The molecular formula is C24H36N2O2S. The van der Waals surface area contributed by atoms with Crippen molar-refractivity contribution >= 4 is 10.0 Å². The maximum Gasteiger partial charge on any atom is 0.214 e. The van der Waals surface area contributed by atoms with Crippen molar-refractivity contribution in [2.45, 2.75) is 47.0 Å². The molecule has 2 aromatic rings. The Morgan fingerprint density at radius 2 is 1.55 bits per heavy atom. The quantitative estimate of drug-likeness (QED) is 0.538. The summed E-state index contributed by atoms with van der Waals surface area (Å²) in [5, 5.41) is 0. The smallest absolute Gasteiger partial charge is 0.214 e. The minimum Gasteiger partial charge on any atom is -0.261 e. The molecule has 0 fully saturated rings. The monoisotopic (exact) mass is 416 g/mol. The van der Waals surface area contributed by atoms with Crippen LogP contribution < -0.4 is 0 Å². The van der Waals surface area contributed by atoms with Gasteiger partial charge >= 0.3 is 0 Å². The second kappa shape index (κ2) is 10.9. The maximum atomic E-state index is 12.4. The summed E-state index contributed by atoms with van der Waals surface area (Å²) < 4.78 is 26.3. The van der Waals surface area contributed by atoms with Crippen molar-refractivity contribution in [3.8, 4) is 0 Å². The van der Waals surface area contributed by atoms with Crippen molar-refractivity contribution in [2.24, 2.45) is 17.8 Å². The minimum absolute atomic E-state index is 0.141. The first-order valence-corrected chi connectivity index (χ1v) is 12.2. The van der Waals surface area contributed by atoms with Gasteiger partial charge in [0.15, 0.2) is 0 Å². The van der Waals surface area contributed by atoms with E-state index in [0.717, 1.165) is 25.0 Å². The number of pyridine rings is 1. The van der Waals surface area contributed by atoms with E-state index in [1.54, 1.807) is 7.05 Å². The van der Waals surface area contributed by atoms with Crippen LogP contribution in [0.15, 0.2) is 48.7 Å². The maximum absolute atomic E-state index is 12.4. The summed E-state index contributed by atoms with van der Waals surface area (Å²) in [5.41, 5.74) is 3.74. The summed E-state index contributed by atoms with van der Waals surface area (Å²) in [6.07, 6.45) is 4.72. The second-order valence-corrected chi connectivity index (χ2v) is 11.0. The first kappa shape index (κ1) is 23.6. The van der Waals surface area contributed by atoms with Crippen LogP contribution in [-0.2, 0) is 29.3 Å². The predicted octanol–water partition coefficient (Wildman–Crippen LogP) is 4.60. The summed E-state index contributed by atoms with van der Waals surface area (Å²) in [4.78, 5) is 4.43. The lowest BCUT2D eigenvalue weighted by molar-refractivity contribution is 0.396. The number of nitrogens with zero attached hydrogens (tertiary/aromatic N) is 2. The molecule has 160 valence electrons. The molecular weight excluding hydrogens is 380 g/mol. The Kier molecular flexibility index (Phi) is 8.84. The van der Waals surface area contributed by atoms with Gasteiger partial charge in [-0.15, -0.1) is 0 Å². The molecule has 0 saturated carbocycles. The van der Waals surface area contributed by atoms with Crippen LogP contribution in [0.5, 0.6) is 0 Å². The molecule has 5 heteroatoms. The SMILES string of the molecule is CC(C)CS(=O)(=O)N(C)CC(C)Cc1cccc(CC(C)Cc2ccccn2)c1. The number of benzene rings is 1. The van der Waals surface area contributed by atoms with Crippen molar-refractivity contribution in [2.75, 3.05) is 19.3 Å². The molecule has 4 nitrogen and oxygen atoms in total. The highest BCUT2D eigenvalue weighted by atomic mass is 32.2. The van der Waals surface area contributed by atoms with Gasteiger partial charge in [0.1, 0.15) is 0 Å². The Morgan fingerprint density at radius 1 is 0.897 bits per heavy atom. The molecule has 1 aromatic heterocycles. The summed E-state index contributed by atoms with van der Waals surface area (Å²) in [6, 6.07) is 14.8. The third-order valence-electron chi connectivity index (χ3n) is 5.03.